The Morgan fingerprint density at radius 1 is 0.926 bits per heavy atom. The first-order valence-corrected chi connectivity index (χ1v) is 22.9. The third-order valence-electron chi connectivity index (χ3n) is 13.6. The maximum atomic E-state index is 14.6. The van der Waals surface area contributed by atoms with Crippen molar-refractivity contribution in [3.8, 4) is 28.7 Å². The number of allylic oxidation sites excluding steroid dienone is 2. The number of benzene rings is 3. The molecule has 0 aromatic heterocycles. The Hall–Kier alpha value is -6.14. The van der Waals surface area contributed by atoms with E-state index in [0.717, 1.165) is 5.56 Å². The number of phenolic OH excluding ortho intramolecular Hbond substituents is 4. The van der Waals surface area contributed by atoms with Crippen LogP contribution in [0.4, 0.5) is 5.69 Å². The van der Waals surface area contributed by atoms with Gasteiger partial charge in [0.05, 0.1) is 65.1 Å². The van der Waals surface area contributed by atoms with Gasteiger partial charge in [0.25, 0.3) is 11.7 Å². The highest BCUT2D eigenvalue weighted by molar-refractivity contribution is 6.23. The Balaban J connectivity index is 1.48. The highest BCUT2D eigenvalue weighted by atomic mass is 16.7. The third kappa shape index (κ3) is 10.2. The minimum atomic E-state index is -2.08. The zero-order valence-corrected chi connectivity index (χ0v) is 40.6. The summed E-state index contributed by atoms with van der Waals surface area (Å²) in [6.07, 6.45) is 4.77. The molecule has 17 heteroatoms. The van der Waals surface area contributed by atoms with E-state index in [-0.39, 0.29) is 62.3 Å². The first-order chi connectivity index (χ1) is 32.0. The quantitative estimate of drug-likeness (QED) is 0.0614. The van der Waals surface area contributed by atoms with Crippen molar-refractivity contribution in [3.63, 3.8) is 0 Å². The number of hydrazone groups is 1. The lowest BCUT2D eigenvalue weighted by molar-refractivity contribution is -0.160. The van der Waals surface area contributed by atoms with Crippen LogP contribution in [0.3, 0.4) is 0 Å². The maximum Gasteiger partial charge on any atom is 0.312 e. The lowest BCUT2D eigenvalue weighted by Gasteiger charge is -2.42. The van der Waals surface area contributed by atoms with Crippen LogP contribution < -0.4 is 10.1 Å². The topological polar surface area (TPSA) is 240 Å². The van der Waals surface area contributed by atoms with Gasteiger partial charge in [-0.05, 0) is 51.5 Å². The van der Waals surface area contributed by atoms with Gasteiger partial charge in [-0.25, -0.2) is 0 Å². The van der Waals surface area contributed by atoms with Gasteiger partial charge in [0.1, 0.15) is 29.1 Å². The lowest BCUT2D eigenvalue weighted by atomic mass is 9.78. The minimum absolute atomic E-state index is 0.0363. The molecule has 3 aromatic carbocycles. The van der Waals surface area contributed by atoms with Crippen molar-refractivity contribution in [1.82, 2.24) is 9.91 Å². The number of aromatic hydroxyl groups is 4. The van der Waals surface area contributed by atoms with Crippen molar-refractivity contribution in [1.29, 1.82) is 0 Å². The fraction of sp³-hybridized carbons (Fsp3) is 0.490. The van der Waals surface area contributed by atoms with E-state index in [1.54, 1.807) is 58.0 Å². The molecule has 0 radical (unpaired) electrons. The molecule has 7 rings (SSSR count). The number of nitrogens with zero attached hydrogens (tertiary/aromatic N) is 3. The van der Waals surface area contributed by atoms with E-state index in [2.05, 4.69) is 10.2 Å². The van der Waals surface area contributed by atoms with Crippen LogP contribution in [-0.2, 0) is 30.3 Å². The van der Waals surface area contributed by atoms with Gasteiger partial charge in [0.15, 0.2) is 5.75 Å². The summed E-state index contributed by atoms with van der Waals surface area (Å²) in [7, 11) is 1.43. The van der Waals surface area contributed by atoms with Crippen LogP contribution in [-0.4, -0.2) is 127 Å². The molecule has 4 aliphatic rings. The van der Waals surface area contributed by atoms with E-state index in [9.17, 15) is 45.0 Å². The van der Waals surface area contributed by atoms with Crippen LogP contribution in [0.15, 0.2) is 65.5 Å². The normalized spacial score (nSPS) is 29.8. The molecule has 1 fully saturated rings. The van der Waals surface area contributed by atoms with E-state index < -0.39 is 88.8 Å². The van der Waals surface area contributed by atoms with Gasteiger partial charge in [-0.15, -0.1) is 0 Å². The summed E-state index contributed by atoms with van der Waals surface area (Å²) in [6.45, 7) is 18.2. The highest BCUT2D eigenvalue weighted by Gasteiger charge is 2.50. The molecule has 0 spiro atoms. The molecule has 3 aromatic rings. The SMILES string of the molecule is CO[C@@H]1C=CO[C@@]2(C)Oc3c(C)c(O)c4c(O)c(c(C=NN5[C@H](C)CN(Cc6cccc(O)c6)C[C@@H]5C)c(O)c4c3C2=O)NC(=O)C(C)=CC=C[C@H](C)[C@H](O)[C@H](C)[C@H](O)[C@H](C)[C@H](OC(C)=O)[C@H]1C. The summed E-state index contributed by atoms with van der Waals surface area (Å²) in [5.74, 6) is -8.45. The number of nitrogens with one attached hydrogen (secondary N) is 1. The number of fused-ring (bicyclic) bond motifs is 14. The number of carbonyl (C=O) groups is 3. The second-order valence-electron chi connectivity index (χ2n) is 18.8. The Labute approximate surface area is 396 Å². The molecular weight excluding hydrogens is 877 g/mol. The predicted molar refractivity (Wildman–Crippen MR) is 256 cm³/mol. The number of aliphatic hydroxyl groups excluding tert-OH is 2. The summed E-state index contributed by atoms with van der Waals surface area (Å²) in [4.78, 5) is 43.3. The zero-order chi connectivity index (χ0) is 50.1. The number of carbonyl (C=O) groups excluding carboxylic acids is 3. The Morgan fingerprint density at radius 3 is 2.24 bits per heavy atom. The van der Waals surface area contributed by atoms with Crippen molar-refractivity contribution in [2.24, 2.45) is 28.8 Å². The average Bonchev–Trinajstić information content (AvgIpc) is 3.55. The summed E-state index contributed by atoms with van der Waals surface area (Å²) < 4.78 is 23.8. The lowest BCUT2D eigenvalue weighted by Crippen LogP contribution is -2.54. The number of rotatable bonds is 6. The van der Waals surface area contributed by atoms with Crippen LogP contribution in [0.5, 0.6) is 28.7 Å². The second-order valence-corrected chi connectivity index (χ2v) is 18.8. The van der Waals surface area contributed by atoms with Crippen LogP contribution in [0.25, 0.3) is 10.8 Å². The monoisotopic (exact) mass is 942 g/mol. The molecule has 11 atom stereocenters. The third-order valence-corrected chi connectivity index (χ3v) is 13.6. The van der Waals surface area contributed by atoms with Crippen LogP contribution in [0, 0.1) is 30.6 Å². The number of methoxy groups -OCH3 is 1. The number of esters is 1. The standard InChI is InChI=1S/C51H66N4O13/c1-25-14-12-15-26(2)50(64)53-41-36(21-52-55-27(3)22-54(23-28(55)4)24-34-16-13-17-35(57)20-34)45(61)38-39(46(41)62)44(60)32(8)48-40(38)49(63)51(10,68-48)66-19-18-37(65-11)29(5)47(67-33(9)56)31(7)43(59)30(6)42(25)58/h12-21,25,27-31,37,42-43,47,57-62H,22-24H2,1-11H3,(H,53,64)/t25-,27-,28+,29-,30-,31-,37+,42-,43-,47+,51-/m0/s1. The van der Waals surface area contributed by atoms with Gasteiger partial charge >= 0.3 is 11.8 Å². The minimum Gasteiger partial charge on any atom is -0.508 e. The van der Waals surface area contributed by atoms with Crippen LogP contribution in [0.2, 0.25) is 0 Å². The number of anilines is 1. The van der Waals surface area contributed by atoms with Gasteiger partial charge in [-0.1, -0.05) is 58.1 Å². The predicted octanol–water partition coefficient (Wildman–Crippen LogP) is 6.39. The van der Waals surface area contributed by atoms with Crippen molar-refractivity contribution < 1.29 is 64.0 Å². The van der Waals surface area contributed by atoms with E-state index in [1.165, 1.54) is 59.4 Å². The van der Waals surface area contributed by atoms with E-state index >= 15 is 0 Å². The number of hydrogen-bond acceptors (Lipinski definition) is 16. The van der Waals surface area contributed by atoms with Crippen molar-refractivity contribution in [2.75, 3.05) is 25.5 Å². The molecule has 5 bridgehead atoms. The van der Waals surface area contributed by atoms with E-state index in [4.69, 9.17) is 24.0 Å². The fourth-order valence-corrected chi connectivity index (χ4v) is 9.69. The molecule has 0 saturated carbocycles. The second kappa shape index (κ2) is 20.6. The largest absolute Gasteiger partial charge is 0.508 e. The smallest absolute Gasteiger partial charge is 0.312 e. The van der Waals surface area contributed by atoms with Gasteiger partial charge in [0, 0.05) is 80.8 Å². The molecule has 4 aliphatic heterocycles. The molecule has 4 heterocycles. The summed E-state index contributed by atoms with van der Waals surface area (Å²) in [5.41, 5.74) is 0.454. The number of ketones is 1. The molecule has 7 N–H and O–H groups in total. The van der Waals surface area contributed by atoms with Gasteiger partial charge in [0.2, 0.25) is 0 Å². The molecule has 368 valence electrons. The molecule has 1 amide bonds. The van der Waals surface area contributed by atoms with E-state index in [1.807, 2.05) is 24.9 Å². The molecule has 0 aliphatic carbocycles. The van der Waals surface area contributed by atoms with Crippen LogP contribution >= 0.6 is 0 Å². The molecule has 17 nitrogen and oxygen atoms in total. The number of Topliss-reactive ketones (excluding diaryl/α,β-unsaturated/α-hetero) is 1. The molecule has 0 unspecified atom stereocenters. The maximum absolute atomic E-state index is 14.6. The zero-order valence-electron chi connectivity index (χ0n) is 40.6. The van der Waals surface area contributed by atoms with Crippen LogP contribution in [0.1, 0.15) is 89.4 Å². The number of amides is 1. The number of phenols is 4. The Kier molecular flexibility index (Phi) is 15.5. The van der Waals surface area contributed by atoms with Crippen molar-refractivity contribution in [3.05, 3.63) is 82.7 Å². The Bertz CT molecular complexity index is 2530. The van der Waals surface area contributed by atoms with Crippen molar-refractivity contribution >= 4 is 40.3 Å². The summed E-state index contributed by atoms with van der Waals surface area (Å²) >= 11 is 0. The molecule has 1 saturated heterocycles. The van der Waals surface area contributed by atoms with Gasteiger partial charge in [-0.2, -0.15) is 5.10 Å². The number of piperazine rings is 1. The van der Waals surface area contributed by atoms with E-state index in [0.29, 0.717) is 19.6 Å². The average molecular weight is 943 g/mol. The molecule has 68 heavy (non-hydrogen) atoms. The number of ether oxygens (including phenoxy) is 4. The summed E-state index contributed by atoms with van der Waals surface area (Å²) in [6, 6.07) is 6.72. The number of aliphatic hydroxyl groups is 2. The fourth-order valence-electron chi connectivity index (χ4n) is 9.69. The Morgan fingerprint density at radius 2 is 1.60 bits per heavy atom. The molecular formula is C51H66N4O13. The number of hydrogen-bond donors (Lipinski definition) is 7. The first kappa shape index (κ1) is 51.3. The summed E-state index contributed by atoms with van der Waals surface area (Å²) in [5, 5.41) is 78.1. The highest BCUT2D eigenvalue weighted by Crippen LogP contribution is 2.55. The van der Waals surface area contributed by atoms with Gasteiger partial charge in [-0.3, -0.25) is 24.3 Å². The van der Waals surface area contributed by atoms with Crippen molar-refractivity contribution in [2.45, 2.75) is 118 Å². The first-order valence-electron chi connectivity index (χ1n) is 22.9. The van der Waals surface area contributed by atoms with Gasteiger partial charge < -0.3 is 54.9 Å².